The summed E-state index contributed by atoms with van der Waals surface area (Å²) in [5, 5.41) is 3.61. The normalized spacial score (nSPS) is 18.7. The molecule has 0 aromatic carbocycles. The summed E-state index contributed by atoms with van der Waals surface area (Å²) in [6.07, 6.45) is 4.46. The summed E-state index contributed by atoms with van der Waals surface area (Å²) in [6, 6.07) is 4.47. The molecule has 0 saturated carbocycles. The van der Waals surface area contributed by atoms with Crippen LogP contribution in [0.2, 0.25) is 0 Å². The number of ether oxygens (including phenoxy) is 1. The molecular weight excluding hydrogens is 262 g/mol. The molecular formula is C17H29N3O. The molecule has 21 heavy (non-hydrogen) atoms. The second kappa shape index (κ2) is 7.64. The van der Waals surface area contributed by atoms with Crippen molar-refractivity contribution < 1.29 is 4.74 Å². The molecule has 2 heterocycles. The van der Waals surface area contributed by atoms with Gasteiger partial charge in [0, 0.05) is 12.2 Å². The van der Waals surface area contributed by atoms with Gasteiger partial charge in [-0.15, -0.1) is 0 Å². The van der Waals surface area contributed by atoms with Gasteiger partial charge in [-0.2, -0.15) is 0 Å². The maximum absolute atomic E-state index is 5.79. The van der Waals surface area contributed by atoms with Crippen molar-refractivity contribution in [3.05, 3.63) is 18.3 Å². The van der Waals surface area contributed by atoms with Gasteiger partial charge in [0.25, 0.3) is 0 Å². The number of pyridine rings is 1. The van der Waals surface area contributed by atoms with E-state index in [-0.39, 0.29) is 6.10 Å². The van der Waals surface area contributed by atoms with Crippen molar-refractivity contribution in [1.82, 2.24) is 9.88 Å². The first-order valence-corrected chi connectivity index (χ1v) is 8.20. The fourth-order valence-corrected chi connectivity index (χ4v) is 2.95. The van der Waals surface area contributed by atoms with Crippen LogP contribution in [0.1, 0.15) is 40.5 Å². The molecule has 1 fully saturated rings. The van der Waals surface area contributed by atoms with Crippen LogP contribution >= 0.6 is 0 Å². The third-order valence-corrected chi connectivity index (χ3v) is 4.29. The predicted octanol–water partition coefficient (Wildman–Crippen LogP) is 3.40. The largest absolute Gasteiger partial charge is 0.473 e. The minimum atomic E-state index is 0.142. The van der Waals surface area contributed by atoms with Crippen molar-refractivity contribution >= 4 is 5.69 Å². The minimum Gasteiger partial charge on any atom is -0.473 e. The molecule has 1 aromatic rings. The smallest absolute Gasteiger partial charge is 0.237 e. The Hall–Kier alpha value is -1.29. The zero-order valence-electron chi connectivity index (χ0n) is 13.8. The Kier molecular flexibility index (Phi) is 5.85. The summed E-state index contributed by atoms with van der Waals surface area (Å²) in [4.78, 5) is 6.88. The molecule has 1 aromatic heterocycles. The number of aromatic nitrogens is 1. The third-order valence-electron chi connectivity index (χ3n) is 4.29. The quantitative estimate of drug-likeness (QED) is 0.871. The highest BCUT2D eigenvalue weighted by Crippen LogP contribution is 2.27. The molecule has 0 radical (unpaired) electrons. The van der Waals surface area contributed by atoms with E-state index in [9.17, 15) is 0 Å². The lowest BCUT2D eigenvalue weighted by Gasteiger charge is -2.35. The van der Waals surface area contributed by atoms with E-state index in [1.54, 1.807) is 6.20 Å². The fourth-order valence-electron chi connectivity index (χ4n) is 2.95. The number of rotatable bonds is 6. The van der Waals surface area contributed by atoms with Gasteiger partial charge in [0.2, 0.25) is 5.88 Å². The van der Waals surface area contributed by atoms with Crippen LogP contribution in [0.15, 0.2) is 18.3 Å². The van der Waals surface area contributed by atoms with Crippen molar-refractivity contribution in [3.63, 3.8) is 0 Å². The van der Waals surface area contributed by atoms with Gasteiger partial charge in [-0.05, 0) is 71.3 Å². The second-order valence-corrected chi connectivity index (χ2v) is 6.23. The molecule has 0 spiro atoms. The molecule has 1 aliphatic rings. The Balaban J connectivity index is 1.95. The van der Waals surface area contributed by atoms with Crippen LogP contribution in [-0.2, 0) is 0 Å². The monoisotopic (exact) mass is 291 g/mol. The van der Waals surface area contributed by atoms with Crippen molar-refractivity contribution in [1.29, 1.82) is 0 Å². The van der Waals surface area contributed by atoms with Gasteiger partial charge in [0.1, 0.15) is 0 Å². The van der Waals surface area contributed by atoms with Crippen molar-refractivity contribution in [2.45, 2.75) is 52.7 Å². The lowest BCUT2D eigenvalue weighted by atomic mass is 9.90. The van der Waals surface area contributed by atoms with E-state index >= 15 is 0 Å². The van der Waals surface area contributed by atoms with Gasteiger partial charge in [-0.3, -0.25) is 0 Å². The Bertz CT molecular complexity index is 428. The van der Waals surface area contributed by atoms with Gasteiger partial charge < -0.3 is 15.0 Å². The molecule has 0 amide bonds. The van der Waals surface area contributed by atoms with Crippen LogP contribution in [0, 0.1) is 5.92 Å². The molecule has 1 saturated heterocycles. The Labute approximate surface area is 128 Å². The minimum absolute atomic E-state index is 0.142. The average molecular weight is 291 g/mol. The summed E-state index contributed by atoms with van der Waals surface area (Å²) in [6.45, 7) is 12.2. The van der Waals surface area contributed by atoms with Crippen LogP contribution in [0.5, 0.6) is 5.88 Å². The third kappa shape index (κ3) is 4.60. The van der Waals surface area contributed by atoms with Crippen molar-refractivity contribution in [3.8, 4) is 5.88 Å². The van der Waals surface area contributed by atoms with E-state index in [4.69, 9.17) is 4.74 Å². The predicted molar refractivity (Wildman–Crippen MR) is 87.9 cm³/mol. The fraction of sp³-hybridized carbons (Fsp3) is 0.706. The Morgan fingerprint density at radius 2 is 2.05 bits per heavy atom. The Morgan fingerprint density at radius 1 is 1.33 bits per heavy atom. The maximum Gasteiger partial charge on any atom is 0.237 e. The molecule has 0 aliphatic carbocycles. The first-order valence-electron chi connectivity index (χ1n) is 8.20. The summed E-state index contributed by atoms with van der Waals surface area (Å²) < 4.78 is 5.79. The van der Waals surface area contributed by atoms with E-state index in [1.807, 2.05) is 19.9 Å². The van der Waals surface area contributed by atoms with Crippen LogP contribution in [-0.4, -0.2) is 41.7 Å². The lowest BCUT2D eigenvalue weighted by molar-refractivity contribution is 0.183. The van der Waals surface area contributed by atoms with E-state index in [0.717, 1.165) is 11.6 Å². The number of hydrogen-bond acceptors (Lipinski definition) is 4. The summed E-state index contributed by atoms with van der Waals surface area (Å²) in [5.41, 5.74) is 1.01. The van der Waals surface area contributed by atoms with Gasteiger partial charge in [-0.1, -0.05) is 6.92 Å². The molecule has 1 unspecified atom stereocenters. The molecule has 1 N–H and O–H groups in total. The molecule has 118 valence electrons. The van der Waals surface area contributed by atoms with E-state index < -0.39 is 0 Å². The van der Waals surface area contributed by atoms with E-state index in [2.05, 4.69) is 35.1 Å². The van der Waals surface area contributed by atoms with Gasteiger partial charge in [-0.25, -0.2) is 4.98 Å². The summed E-state index contributed by atoms with van der Waals surface area (Å²) in [7, 11) is 0. The lowest BCUT2D eigenvalue weighted by Crippen LogP contribution is -2.39. The van der Waals surface area contributed by atoms with E-state index in [1.165, 1.54) is 32.5 Å². The van der Waals surface area contributed by atoms with E-state index in [0.29, 0.717) is 11.9 Å². The first-order chi connectivity index (χ1) is 10.1. The van der Waals surface area contributed by atoms with Crippen LogP contribution in [0.3, 0.4) is 0 Å². The zero-order valence-corrected chi connectivity index (χ0v) is 13.8. The number of hydrogen-bond donors (Lipinski definition) is 1. The van der Waals surface area contributed by atoms with Crippen molar-refractivity contribution in [2.75, 3.05) is 25.0 Å². The number of piperidine rings is 1. The number of nitrogens with zero attached hydrogens (tertiary/aromatic N) is 2. The summed E-state index contributed by atoms with van der Waals surface area (Å²) in [5.74, 6) is 1.44. The molecule has 1 aliphatic heterocycles. The van der Waals surface area contributed by atoms with Crippen LogP contribution in [0.4, 0.5) is 5.69 Å². The average Bonchev–Trinajstić information content (AvgIpc) is 2.49. The first kappa shape index (κ1) is 16.1. The van der Waals surface area contributed by atoms with Gasteiger partial charge in [0.15, 0.2) is 0 Å². The highest BCUT2D eigenvalue weighted by Gasteiger charge is 2.23. The van der Waals surface area contributed by atoms with Crippen LogP contribution < -0.4 is 10.1 Å². The van der Waals surface area contributed by atoms with Gasteiger partial charge >= 0.3 is 0 Å². The number of likely N-dealkylation sites (tertiary alicyclic amines) is 1. The zero-order chi connectivity index (χ0) is 15.2. The molecule has 1 atom stereocenters. The van der Waals surface area contributed by atoms with Crippen molar-refractivity contribution in [2.24, 2.45) is 5.92 Å². The molecule has 4 heteroatoms. The highest BCUT2D eigenvalue weighted by atomic mass is 16.5. The highest BCUT2D eigenvalue weighted by molar-refractivity contribution is 5.52. The molecule has 4 nitrogen and oxygen atoms in total. The summed E-state index contributed by atoms with van der Waals surface area (Å²) >= 11 is 0. The number of anilines is 1. The maximum atomic E-state index is 5.79. The Morgan fingerprint density at radius 3 is 2.67 bits per heavy atom. The molecule has 2 rings (SSSR count). The topological polar surface area (TPSA) is 37.4 Å². The molecule has 0 bridgehead atoms. The standard InChI is InChI=1S/C17H29N3O/c1-5-20-11-8-15(9-12-20)14(4)19-16-7-6-10-18-17(16)21-13(2)3/h6-7,10,13-15,19H,5,8-9,11-12H2,1-4H3. The van der Waals surface area contributed by atoms with Gasteiger partial charge in [0.05, 0.1) is 11.8 Å². The van der Waals surface area contributed by atoms with Crippen LogP contribution in [0.25, 0.3) is 0 Å². The SMILES string of the molecule is CCN1CCC(C(C)Nc2cccnc2OC(C)C)CC1. The second-order valence-electron chi connectivity index (χ2n) is 6.23. The number of nitrogens with one attached hydrogen (secondary N) is 1.